The Bertz CT molecular complexity index is 1130. The molecule has 35 heavy (non-hydrogen) atoms. The standard InChI is InChI=1S/C28H41N3O3Si/c1-21-18-22-20-29-27(32-5)19-26(22)31(21)24-10-8-23(9-11-24)30-14-12-25(13-15-30)33-16-17-34-35(6,7)28(2,3)4/h8-11,18-20,25H,12-17H2,1-7H3. The minimum Gasteiger partial charge on any atom is -0.481 e. The maximum absolute atomic E-state index is 6.26. The number of piperidine rings is 1. The van der Waals surface area contributed by atoms with Gasteiger partial charge in [-0.2, -0.15) is 0 Å². The molecule has 7 heteroatoms. The van der Waals surface area contributed by atoms with Crippen molar-refractivity contribution < 1.29 is 13.9 Å². The highest BCUT2D eigenvalue weighted by atomic mass is 28.4. The normalized spacial score (nSPS) is 15.7. The lowest BCUT2D eigenvalue weighted by molar-refractivity contribution is 0.0180. The van der Waals surface area contributed by atoms with Gasteiger partial charge in [-0.05, 0) is 68.2 Å². The van der Waals surface area contributed by atoms with Crippen LogP contribution in [-0.2, 0) is 9.16 Å². The number of hydrogen-bond donors (Lipinski definition) is 0. The molecule has 1 aromatic carbocycles. The lowest BCUT2D eigenvalue weighted by atomic mass is 10.1. The molecule has 0 N–H and O–H groups in total. The Morgan fingerprint density at radius 3 is 2.29 bits per heavy atom. The number of anilines is 1. The highest BCUT2D eigenvalue weighted by molar-refractivity contribution is 6.74. The second kappa shape index (κ2) is 10.3. The number of methoxy groups -OCH3 is 1. The zero-order chi connectivity index (χ0) is 25.2. The molecule has 0 atom stereocenters. The summed E-state index contributed by atoms with van der Waals surface area (Å²) in [5.41, 5.74) is 4.70. The van der Waals surface area contributed by atoms with Crippen LogP contribution in [0.15, 0.2) is 42.6 Å². The number of hydrogen-bond acceptors (Lipinski definition) is 5. The van der Waals surface area contributed by atoms with Crippen molar-refractivity contribution in [2.45, 2.75) is 64.8 Å². The largest absolute Gasteiger partial charge is 0.481 e. The van der Waals surface area contributed by atoms with Crippen molar-refractivity contribution in [2.24, 2.45) is 0 Å². The molecule has 1 aliphatic heterocycles. The Labute approximate surface area is 211 Å². The maximum atomic E-state index is 6.26. The van der Waals surface area contributed by atoms with Gasteiger partial charge < -0.3 is 23.4 Å². The molecule has 0 radical (unpaired) electrons. The monoisotopic (exact) mass is 495 g/mol. The zero-order valence-electron chi connectivity index (χ0n) is 22.4. The average molecular weight is 496 g/mol. The van der Waals surface area contributed by atoms with E-state index < -0.39 is 8.32 Å². The van der Waals surface area contributed by atoms with Gasteiger partial charge in [0.05, 0.1) is 31.9 Å². The summed E-state index contributed by atoms with van der Waals surface area (Å²) in [5, 5.41) is 1.36. The third kappa shape index (κ3) is 5.73. The highest BCUT2D eigenvalue weighted by Crippen LogP contribution is 2.36. The van der Waals surface area contributed by atoms with Crippen molar-refractivity contribution in [1.82, 2.24) is 9.55 Å². The van der Waals surface area contributed by atoms with Crippen LogP contribution >= 0.6 is 0 Å². The first-order valence-electron chi connectivity index (χ1n) is 12.7. The van der Waals surface area contributed by atoms with E-state index in [9.17, 15) is 0 Å². The summed E-state index contributed by atoms with van der Waals surface area (Å²) in [6.45, 7) is 17.0. The quantitative estimate of drug-likeness (QED) is 0.269. The molecule has 4 rings (SSSR count). The summed E-state index contributed by atoms with van der Waals surface area (Å²) in [7, 11) is -0.0414. The number of rotatable bonds is 8. The summed E-state index contributed by atoms with van der Waals surface area (Å²) in [4.78, 5) is 6.80. The van der Waals surface area contributed by atoms with Gasteiger partial charge in [-0.15, -0.1) is 0 Å². The highest BCUT2D eigenvalue weighted by Gasteiger charge is 2.37. The molecule has 1 aliphatic rings. The number of aryl methyl sites for hydroxylation is 1. The molecular weight excluding hydrogens is 454 g/mol. The average Bonchev–Trinajstić information content (AvgIpc) is 3.16. The van der Waals surface area contributed by atoms with Crippen LogP contribution in [0.3, 0.4) is 0 Å². The van der Waals surface area contributed by atoms with E-state index in [4.69, 9.17) is 13.9 Å². The number of ether oxygens (including phenoxy) is 2. The molecule has 6 nitrogen and oxygen atoms in total. The third-order valence-corrected chi connectivity index (χ3v) is 12.2. The first-order valence-corrected chi connectivity index (χ1v) is 15.6. The van der Waals surface area contributed by atoms with E-state index >= 15 is 0 Å². The smallest absolute Gasteiger partial charge is 0.215 e. The van der Waals surface area contributed by atoms with Crippen molar-refractivity contribution in [3.8, 4) is 11.6 Å². The van der Waals surface area contributed by atoms with Crippen molar-refractivity contribution in [3.63, 3.8) is 0 Å². The summed E-state index contributed by atoms with van der Waals surface area (Å²) >= 11 is 0. The number of aromatic nitrogens is 2. The molecular formula is C28H41N3O3Si. The molecule has 1 saturated heterocycles. The second-order valence-corrected chi connectivity index (χ2v) is 15.9. The molecule has 0 unspecified atom stereocenters. The van der Waals surface area contributed by atoms with Crippen LogP contribution in [0.1, 0.15) is 39.3 Å². The lowest BCUT2D eigenvalue weighted by Crippen LogP contribution is -2.42. The van der Waals surface area contributed by atoms with Crippen LogP contribution in [0.2, 0.25) is 18.1 Å². The minimum absolute atomic E-state index is 0.241. The van der Waals surface area contributed by atoms with Crippen molar-refractivity contribution in [3.05, 3.63) is 48.3 Å². The van der Waals surface area contributed by atoms with Gasteiger partial charge in [-0.25, -0.2) is 4.98 Å². The fourth-order valence-corrected chi connectivity index (χ4v) is 5.52. The molecule has 0 amide bonds. The fourth-order valence-electron chi connectivity index (χ4n) is 4.50. The summed E-state index contributed by atoms with van der Waals surface area (Å²) in [6, 6.07) is 13.0. The van der Waals surface area contributed by atoms with Gasteiger partial charge in [-0.1, -0.05) is 20.8 Å². The van der Waals surface area contributed by atoms with Crippen molar-refractivity contribution >= 4 is 24.9 Å². The van der Waals surface area contributed by atoms with Crippen molar-refractivity contribution in [1.29, 1.82) is 0 Å². The van der Waals surface area contributed by atoms with Gasteiger partial charge in [0.15, 0.2) is 8.32 Å². The second-order valence-electron chi connectivity index (χ2n) is 11.1. The predicted octanol–water partition coefficient (Wildman–Crippen LogP) is 6.35. The molecule has 0 saturated carbocycles. The molecule has 0 bridgehead atoms. The van der Waals surface area contributed by atoms with Crippen LogP contribution < -0.4 is 9.64 Å². The van der Waals surface area contributed by atoms with Gasteiger partial charge in [0, 0.05) is 47.8 Å². The van der Waals surface area contributed by atoms with E-state index in [0.717, 1.165) is 42.5 Å². The third-order valence-electron chi connectivity index (χ3n) is 7.67. The van der Waals surface area contributed by atoms with Crippen LogP contribution in [0, 0.1) is 6.92 Å². The molecule has 2 aromatic heterocycles. The summed E-state index contributed by atoms with van der Waals surface area (Å²) < 4.78 is 20.0. The first-order chi connectivity index (χ1) is 16.6. The fraction of sp³-hybridized carbons (Fsp3) is 0.536. The van der Waals surface area contributed by atoms with E-state index in [0.29, 0.717) is 25.2 Å². The van der Waals surface area contributed by atoms with E-state index in [1.54, 1.807) is 7.11 Å². The van der Waals surface area contributed by atoms with Crippen LogP contribution in [0.5, 0.6) is 5.88 Å². The van der Waals surface area contributed by atoms with E-state index in [2.05, 4.69) is 85.6 Å². The van der Waals surface area contributed by atoms with Gasteiger partial charge in [0.1, 0.15) is 0 Å². The van der Waals surface area contributed by atoms with Gasteiger partial charge in [0.25, 0.3) is 0 Å². The number of pyridine rings is 1. The molecule has 0 aliphatic carbocycles. The Balaban J connectivity index is 1.32. The molecule has 1 fully saturated rings. The zero-order valence-corrected chi connectivity index (χ0v) is 23.4. The lowest BCUT2D eigenvalue weighted by Gasteiger charge is -2.36. The summed E-state index contributed by atoms with van der Waals surface area (Å²) in [5.74, 6) is 0.630. The van der Waals surface area contributed by atoms with Crippen molar-refractivity contribution in [2.75, 3.05) is 38.3 Å². The summed E-state index contributed by atoms with van der Waals surface area (Å²) in [6.07, 6.45) is 4.30. The van der Waals surface area contributed by atoms with Crippen LogP contribution in [0.25, 0.3) is 16.6 Å². The van der Waals surface area contributed by atoms with Crippen LogP contribution in [-0.4, -0.2) is 57.4 Å². The number of nitrogens with zero attached hydrogens (tertiary/aromatic N) is 3. The molecule has 3 aromatic rings. The number of fused-ring (bicyclic) bond motifs is 1. The van der Waals surface area contributed by atoms with Gasteiger partial charge in [-0.3, -0.25) is 0 Å². The number of benzene rings is 1. The topological polar surface area (TPSA) is 48.8 Å². The van der Waals surface area contributed by atoms with E-state index in [1.807, 2.05) is 12.3 Å². The Morgan fingerprint density at radius 1 is 1.00 bits per heavy atom. The van der Waals surface area contributed by atoms with E-state index in [1.165, 1.54) is 11.4 Å². The minimum atomic E-state index is -1.69. The molecule has 3 heterocycles. The van der Waals surface area contributed by atoms with Gasteiger partial charge >= 0.3 is 0 Å². The van der Waals surface area contributed by atoms with E-state index in [-0.39, 0.29) is 5.04 Å². The Morgan fingerprint density at radius 2 is 1.66 bits per heavy atom. The molecule has 0 spiro atoms. The Kier molecular flexibility index (Phi) is 7.59. The van der Waals surface area contributed by atoms with Crippen LogP contribution in [0.4, 0.5) is 5.69 Å². The van der Waals surface area contributed by atoms with Gasteiger partial charge in [0.2, 0.25) is 5.88 Å². The maximum Gasteiger partial charge on any atom is 0.215 e. The first kappa shape index (κ1) is 25.7. The molecule has 190 valence electrons. The Hall–Kier alpha value is -2.35. The predicted molar refractivity (Wildman–Crippen MR) is 147 cm³/mol. The SMILES string of the molecule is COc1cc2c(cn1)cc(C)n2-c1ccc(N2CCC(OCCO[Si](C)(C)C(C)(C)C)CC2)cc1.